The van der Waals surface area contributed by atoms with Gasteiger partial charge in [0.2, 0.25) is 10.0 Å². The second-order valence-electron chi connectivity index (χ2n) is 5.76. The van der Waals surface area contributed by atoms with Crippen LogP contribution in [0.15, 0.2) is 23.1 Å². The molecule has 0 bridgehead atoms. The van der Waals surface area contributed by atoms with Crippen LogP contribution in [-0.4, -0.2) is 71.0 Å². The highest BCUT2D eigenvalue weighted by Gasteiger charge is 2.31. The highest BCUT2D eigenvalue weighted by molar-refractivity contribution is 7.89. The van der Waals surface area contributed by atoms with E-state index in [1.54, 1.807) is 0 Å². The van der Waals surface area contributed by atoms with Gasteiger partial charge in [-0.2, -0.15) is 4.31 Å². The summed E-state index contributed by atoms with van der Waals surface area (Å²) in [4.78, 5) is 23.6. The molecule has 0 radical (unpaired) electrons. The number of nitrogens with zero attached hydrogens (tertiary/aromatic N) is 1. The van der Waals surface area contributed by atoms with E-state index in [9.17, 15) is 22.4 Å². The van der Waals surface area contributed by atoms with E-state index in [4.69, 9.17) is 11.6 Å². The van der Waals surface area contributed by atoms with Gasteiger partial charge in [0, 0.05) is 0 Å². The van der Waals surface area contributed by atoms with Gasteiger partial charge in [-0.25, -0.2) is 12.8 Å². The first-order valence-corrected chi connectivity index (χ1v) is 9.68. The number of hydrogen-bond donors (Lipinski definition) is 2. The second-order valence-corrected chi connectivity index (χ2v) is 8.10. The van der Waals surface area contributed by atoms with Gasteiger partial charge >= 0.3 is 5.97 Å². The number of nitrogens with one attached hydrogen (secondary N) is 2. The van der Waals surface area contributed by atoms with Gasteiger partial charge in [0.25, 0.3) is 5.91 Å². The fraction of sp³-hybridized carbons (Fsp3) is 0.467. The minimum atomic E-state index is -3.77. The molecule has 0 unspecified atom stereocenters. The number of esters is 1. The van der Waals surface area contributed by atoms with Gasteiger partial charge in [-0.1, -0.05) is 11.6 Å². The molecule has 1 aromatic carbocycles. The summed E-state index contributed by atoms with van der Waals surface area (Å²) in [7, 11) is -2.54. The number of amides is 1. The molecule has 1 saturated heterocycles. The lowest BCUT2D eigenvalue weighted by molar-refractivity contribution is -0.895. The number of piperazine rings is 1. The molecular weight excluding hydrogens is 389 g/mol. The van der Waals surface area contributed by atoms with Crippen molar-refractivity contribution in [3.8, 4) is 0 Å². The zero-order chi connectivity index (χ0) is 19.3. The Balaban J connectivity index is 1.90. The maximum atomic E-state index is 13.2. The van der Waals surface area contributed by atoms with Gasteiger partial charge in [-0.3, -0.25) is 9.59 Å². The van der Waals surface area contributed by atoms with E-state index in [0.717, 1.165) is 17.0 Å². The Bertz CT molecular complexity index is 781. The molecule has 1 aliphatic heterocycles. The summed E-state index contributed by atoms with van der Waals surface area (Å²) in [6, 6.07) is 3.28. The van der Waals surface area contributed by atoms with Crippen molar-refractivity contribution < 1.29 is 32.0 Å². The molecule has 11 heteroatoms. The van der Waals surface area contributed by atoms with E-state index in [1.807, 2.05) is 0 Å². The summed E-state index contributed by atoms with van der Waals surface area (Å²) in [6.07, 6.45) is 0. The lowest BCUT2D eigenvalue weighted by Gasteiger charge is -2.31. The van der Waals surface area contributed by atoms with Crippen molar-refractivity contribution in [1.82, 2.24) is 9.62 Å². The van der Waals surface area contributed by atoms with Crippen LogP contribution in [0, 0.1) is 5.82 Å². The Kier molecular flexibility index (Phi) is 6.93. The highest BCUT2D eigenvalue weighted by atomic mass is 35.5. The van der Waals surface area contributed by atoms with Crippen LogP contribution >= 0.6 is 11.6 Å². The number of quaternary nitrogens is 1. The van der Waals surface area contributed by atoms with Crippen LogP contribution in [0.4, 0.5) is 4.39 Å². The van der Waals surface area contributed by atoms with E-state index in [1.165, 1.54) is 17.5 Å². The maximum absolute atomic E-state index is 13.2. The summed E-state index contributed by atoms with van der Waals surface area (Å²) in [6.45, 7) is 1.23. The molecule has 1 aliphatic rings. The van der Waals surface area contributed by atoms with Crippen molar-refractivity contribution in [3.63, 3.8) is 0 Å². The van der Waals surface area contributed by atoms with Crippen molar-refractivity contribution in [2.24, 2.45) is 0 Å². The first-order valence-electron chi connectivity index (χ1n) is 7.86. The number of sulfonamides is 1. The summed E-state index contributed by atoms with van der Waals surface area (Å²) in [5.41, 5.74) is 0. The van der Waals surface area contributed by atoms with Gasteiger partial charge in [0.05, 0.1) is 43.2 Å². The average molecular weight is 409 g/mol. The van der Waals surface area contributed by atoms with E-state index in [2.05, 4.69) is 10.1 Å². The summed E-state index contributed by atoms with van der Waals surface area (Å²) in [5.74, 6) is -1.54. The van der Waals surface area contributed by atoms with Gasteiger partial charge in [-0.05, 0) is 18.2 Å². The molecule has 1 fully saturated rings. The van der Waals surface area contributed by atoms with Crippen molar-refractivity contribution in [1.29, 1.82) is 0 Å². The molecule has 2 rings (SSSR count). The Morgan fingerprint density at radius 2 is 2.00 bits per heavy atom. The molecule has 0 saturated carbocycles. The SMILES string of the molecule is COC(=O)CNC(=O)C[NH+]1CCN(S(=O)(=O)c2ccc(F)c(Cl)c2)CC1. The number of ether oxygens (including phenoxy) is 1. The van der Waals surface area contributed by atoms with Crippen LogP contribution in [0.5, 0.6) is 0 Å². The number of carbonyl (C=O) groups is 2. The fourth-order valence-electron chi connectivity index (χ4n) is 2.54. The second kappa shape index (κ2) is 8.76. The zero-order valence-corrected chi connectivity index (χ0v) is 15.7. The van der Waals surface area contributed by atoms with E-state index >= 15 is 0 Å². The third kappa shape index (κ3) is 5.13. The van der Waals surface area contributed by atoms with E-state index in [0.29, 0.717) is 13.1 Å². The lowest BCUT2D eigenvalue weighted by Crippen LogP contribution is -3.15. The zero-order valence-electron chi connectivity index (χ0n) is 14.1. The number of carbonyl (C=O) groups excluding carboxylic acids is 2. The average Bonchev–Trinajstić information content (AvgIpc) is 2.62. The molecule has 0 aliphatic carbocycles. The predicted octanol–water partition coefficient (Wildman–Crippen LogP) is -1.34. The third-order valence-corrected chi connectivity index (χ3v) is 6.21. The normalized spacial score (nSPS) is 16.3. The van der Waals surface area contributed by atoms with Crippen molar-refractivity contribution in [2.45, 2.75) is 4.90 Å². The van der Waals surface area contributed by atoms with Gasteiger partial charge in [-0.15, -0.1) is 0 Å². The summed E-state index contributed by atoms with van der Waals surface area (Å²) >= 11 is 5.66. The summed E-state index contributed by atoms with van der Waals surface area (Å²) in [5, 5.41) is 2.19. The molecule has 26 heavy (non-hydrogen) atoms. The van der Waals surface area contributed by atoms with Crippen LogP contribution < -0.4 is 10.2 Å². The predicted molar refractivity (Wildman–Crippen MR) is 90.8 cm³/mol. The number of benzene rings is 1. The topological polar surface area (TPSA) is 97.2 Å². The van der Waals surface area contributed by atoms with Crippen LogP contribution in [-0.2, 0) is 24.3 Å². The van der Waals surface area contributed by atoms with Crippen molar-refractivity contribution >= 4 is 33.5 Å². The Morgan fingerprint density at radius 1 is 1.35 bits per heavy atom. The molecular formula is C15H20ClFN3O5S+. The monoisotopic (exact) mass is 408 g/mol. The highest BCUT2D eigenvalue weighted by Crippen LogP contribution is 2.22. The van der Waals surface area contributed by atoms with Crippen molar-refractivity contribution in [2.75, 3.05) is 46.4 Å². The van der Waals surface area contributed by atoms with Crippen molar-refractivity contribution in [3.05, 3.63) is 29.0 Å². The standard InChI is InChI=1S/C15H19ClFN3O5S/c1-25-15(22)9-18-14(21)10-19-4-6-20(7-5-19)26(23,24)11-2-3-13(17)12(16)8-11/h2-3,8H,4-7,9-10H2,1H3,(H,18,21)/p+1. The van der Waals surface area contributed by atoms with Crippen LogP contribution in [0.3, 0.4) is 0 Å². The van der Waals surface area contributed by atoms with Crippen LogP contribution in [0.25, 0.3) is 0 Å². The first-order chi connectivity index (χ1) is 12.2. The van der Waals surface area contributed by atoms with Crippen LogP contribution in [0.1, 0.15) is 0 Å². The number of methoxy groups -OCH3 is 1. The number of rotatable bonds is 6. The first kappa shape index (κ1) is 20.6. The maximum Gasteiger partial charge on any atom is 0.325 e. The molecule has 144 valence electrons. The Hall–Kier alpha value is -1.75. The van der Waals surface area contributed by atoms with Gasteiger partial charge in [0.15, 0.2) is 6.54 Å². The third-order valence-electron chi connectivity index (χ3n) is 4.03. The van der Waals surface area contributed by atoms with E-state index in [-0.39, 0.29) is 42.0 Å². The van der Waals surface area contributed by atoms with Gasteiger partial charge in [0.1, 0.15) is 12.4 Å². The molecule has 0 spiro atoms. The summed E-state index contributed by atoms with van der Waals surface area (Å²) < 4.78 is 44.1. The molecule has 1 amide bonds. The smallest absolute Gasteiger partial charge is 0.325 e. The minimum absolute atomic E-state index is 0.0665. The molecule has 1 heterocycles. The molecule has 8 nitrogen and oxygen atoms in total. The Morgan fingerprint density at radius 3 is 2.58 bits per heavy atom. The van der Waals surface area contributed by atoms with Crippen LogP contribution in [0.2, 0.25) is 5.02 Å². The quantitative estimate of drug-likeness (QED) is 0.568. The molecule has 0 aromatic heterocycles. The fourth-order valence-corrected chi connectivity index (χ4v) is 4.25. The largest absolute Gasteiger partial charge is 0.468 e. The van der Waals surface area contributed by atoms with Gasteiger partial charge < -0.3 is 15.0 Å². The number of halogens is 2. The molecule has 1 aromatic rings. The minimum Gasteiger partial charge on any atom is -0.468 e. The molecule has 2 N–H and O–H groups in total. The lowest BCUT2D eigenvalue weighted by atomic mass is 10.3. The van der Waals surface area contributed by atoms with E-state index < -0.39 is 21.8 Å². The molecule has 0 atom stereocenters. The number of hydrogen-bond acceptors (Lipinski definition) is 5. The Labute approximate surface area is 155 Å².